The minimum atomic E-state index is -0.707. The van der Waals surface area contributed by atoms with Gasteiger partial charge in [0.25, 0.3) is 0 Å². The predicted molar refractivity (Wildman–Crippen MR) is 154 cm³/mol. The first-order valence-corrected chi connectivity index (χ1v) is 14.8. The third-order valence-corrected chi connectivity index (χ3v) is 8.59. The van der Waals surface area contributed by atoms with E-state index < -0.39 is 17.5 Å². The Morgan fingerprint density at radius 3 is 2.41 bits per heavy atom. The normalized spacial score (nSPS) is 19.9. The van der Waals surface area contributed by atoms with Crippen molar-refractivity contribution in [3.8, 4) is 10.4 Å². The number of amides is 3. The SMILES string of the molecule is Cc1ncsc1-c1ccc([C@H](C)NC(=O)[C@@H]2CCCN2C(=O)[C@@H](NC(=O)CN2CCNCC2)C(C)(C)C)cc1. The van der Waals surface area contributed by atoms with E-state index >= 15 is 0 Å². The van der Waals surface area contributed by atoms with Crippen molar-refractivity contribution in [3.05, 3.63) is 41.0 Å². The third kappa shape index (κ3) is 7.23. The van der Waals surface area contributed by atoms with Crippen LogP contribution in [-0.4, -0.2) is 83.9 Å². The number of nitrogens with zero attached hydrogens (tertiary/aromatic N) is 3. The molecular formula is C29H42N6O3S. The molecule has 212 valence electrons. The van der Waals surface area contributed by atoms with Crippen molar-refractivity contribution in [3.63, 3.8) is 0 Å². The summed E-state index contributed by atoms with van der Waals surface area (Å²) in [7, 11) is 0. The van der Waals surface area contributed by atoms with Gasteiger partial charge in [0.05, 0.1) is 28.7 Å². The van der Waals surface area contributed by atoms with Gasteiger partial charge < -0.3 is 20.9 Å². The van der Waals surface area contributed by atoms with Gasteiger partial charge in [0.1, 0.15) is 12.1 Å². The summed E-state index contributed by atoms with van der Waals surface area (Å²) in [5, 5.41) is 9.40. The Balaban J connectivity index is 1.39. The molecular weight excluding hydrogens is 512 g/mol. The maximum atomic E-state index is 13.8. The number of aryl methyl sites for hydroxylation is 1. The number of benzene rings is 1. The van der Waals surface area contributed by atoms with Crippen LogP contribution in [0.25, 0.3) is 10.4 Å². The van der Waals surface area contributed by atoms with Crippen LogP contribution in [0.15, 0.2) is 29.8 Å². The Hall–Kier alpha value is -2.82. The van der Waals surface area contributed by atoms with E-state index in [0.717, 1.165) is 54.3 Å². The lowest BCUT2D eigenvalue weighted by molar-refractivity contribution is -0.144. The summed E-state index contributed by atoms with van der Waals surface area (Å²) in [6.45, 7) is 13.9. The lowest BCUT2D eigenvalue weighted by atomic mass is 9.85. The van der Waals surface area contributed by atoms with Gasteiger partial charge in [-0.25, -0.2) is 4.98 Å². The predicted octanol–water partition coefficient (Wildman–Crippen LogP) is 2.72. The molecule has 0 unspecified atom stereocenters. The first-order chi connectivity index (χ1) is 18.5. The van der Waals surface area contributed by atoms with E-state index in [1.807, 2.05) is 52.3 Å². The van der Waals surface area contributed by atoms with Crippen molar-refractivity contribution >= 4 is 29.1 Å². The van der Waals surface area contributed by atoms with E-state index in [1.54, 1.807) is 16.2 Å². The fourth-order valence-corrected chi connectivity index (χ4v) is 6.10. The second-order valence-corrected chi connectivity index (χ2v) is 12.6. The van der Waals surface area contributed by atoms with E-state index in [-0.39, 0.29) is 30.3 Å². The van der Waals surface area contributed by atoms with Gasteiger partial charge in [-0.05, 0) is 43.2 Å². The third-order valence-electron chi connectivity index (χ3n) is 7.61. The largest absolute Gasteiger partial charge is 0.348 e. The molecule has 2 fully saturated rings. The topological polar surface area (TPSA) is 107 Å². The van der Waals surface area contributed by atoms with Gasteiger partial charge in [0.15, 0.2) is 0 Å². The summed E-state index contributed by atoms with van der Waals surface area (Å²) in [6, 6.07) is 6.71. The number of carbonyl (C=O) groups is 3. The van der Waals surface area contributed by atoms with Gasteiger partial charge >= 0.3 is 0 Å². The first kappa shape index (κ1) is 29.2. The quantitative estimate of drug-likeness (QED) is 0.463. The van der Waals surface area contributed by atoms with Gasteiger partial charge in [-0.1, -0.05) is 45.0 Å². The molecule has 39 heavy (non-hydrogen) atoms. The molecule has 4 rings (SSSR count). The molecule has 10 heteroatoms. The second-order valence-electron chi connectivity index (χ2n) is 11.7. The Labute approximate surface area is 235 Å². The summed E-state index contributed by atoms with van der Waals surface area (Å²) >= 11 is 1.61. The molecule has 3 atom stereocenters. The number of aromatic nitrogens is 1. The highest BCUT2D eigenvalue weighted by atomic mass is 32.1. The van der Waals surface area contributed by atoms with E-state index in [1.165, 1.54) is 0 Å². The molecule has 2 saturated heterocycles. The number of likely N-dealkylation sites (tertiary alicyclic amines) is 1. The summed E-state index contributed by atoms with van der Waals surface area (Å²) in [5.41, 5.74) is 4.47. The van der Waals surface area contributed by atoms with Crippen LogP contribution in [0.4, 0.5) is 0 Å². The maximum Gasteiger partial charge on any atom is 0.246 e. The summed E-state index contributed by atoms with van der Waals surface area (Å²) < 4.78 is 0. The molecule has 2 aliphatic heterocycles. The number of rotatable bonds is 8. The summed E-state index contributed by atoms with van der Waals surface area (Å²) in [4.78, 5) is 49.3. The highest BCUT2D eigenvalue weighted by Gasteiger charge is 2.42. The molecule has 1 aromatic carbocycles. The van der Waals surface area contributed by atoms with Crippen molar-refractivity contribution in [2.45, 2.75) is 65.6 Å². The van der Waals surface area contributed by atoms with Crippen LogP contribution >= 0.6 is 11.3 Å². The number of hydrogen-bond donors (Lipinski definition) is 3. The molecule has 0 saturated carbocycles. The number of thiazole rings is 1. The number of nitrogens with one attached hydrogen (secondary N) is 3. The molecule has 0 radical (unpaired) electrons. The highest BCUT2D eigenvalue weighted by Crippen LogP contribution is 2.29. The average Bonchev–Trinajstić information content (AvgIpc) is 3.56. The zero-order chi connectivity index (χ0) is 28.2. The fraction of sp³-hybridized carbons (Fsp3) is 0.586. The van der Waals surface area contributed by atoms with Gasteiger partial charge in [-0.3, -0.25) is 19.3 Å². The lowest BCUT2D eigenvalue weighted by Gasteiger charge is -2.36. The number of carbonyl (C=O) groups excluding carboxylic acids is 3. The Morgan fingerprint density at radius 1 is 1.10 bits per heavy atom. The molecule has 0 spiro atoms. The van der Waals surface area contributed by atoms with Crippen molar-refractivity contribution in [1.29, 1.82) is 0 Å². The van der Waals surface area contributed by atoms with Crippen LogP contribution in [-0.2, 0) is 14.4 Å². The minimum absolute atomic E-state index is 0.157. The molecule has 9 nitrogen and oxygen atoms in total. The van der Waals surface area contributed by atoms with Gasteiger partial charge in [-0.2, -0.15) is 0 Å². The summed E-state index contributed by atoms with van der Waals surface area (Å²) in [6.07, 6.45) is 1.37. The molecule has 2 aliphatic rings. The van der Waals surface area contributed by atoms with Crippen LogP contribution in [0.1, 0.15) is 57.8 Å². The Kier molecular flexibility index (Phi) is 9.40. The number of piperazine rings is 1. The van der Waals surface area contributed by atoms with Gasteiger partial charge in [0.2, 0.25) is 17.7 Å². The van der Waals surface area contributed by atoms with Gasteiger partial charge in [-0.15, -0.1) is 11.3 Å². The molecule has 0 bridgehead atoms. The lowest BCUT2D eigenvalue weighted by Crippen LogP contribution is -2.59. The summed E-state index contributed by atoms with van der Waals surface area (Å²) in [5.74, 6) is -0.503. The van der Waals surface area contributed by atoms with Crippen LogP contribution < -0.4 is 16.0 Å². The zero-order valence-corrected chi connectivity index (χ0v) is 24.6. The monoisotopic (exact) mass is 554 g/mol. The fourth-order valence-electron chi connectivity index (χ4n) is 5.29. The highest BCUT2D eigenvalue weighted by molar-refractivity contribution is 7.13. The molecule has 0 aliphatic carbocycles. The maximum absolute atomic E-state index is 13.8. The van der Waals surface area contributed by atoms with Crippen LogP contribution in [0.2, 0.25) is 0 Å². The standard InChI is InChI=1S/C29H42N6O3S/c1-19(21-8-10-22(11-9-21)25-20(2)31-18-39-25)32-27(37)23-7-6-14-35(23)28(38)26(29(3,4)5)33-24(36)17-34-15-12-30-13-16-34/h8-11,18-19,23,26,30H,6-7,12-17H2,1-5H3,(H,32,37)(H,33,36)/t19-,23-,26+/m0/s1. The first-order valence-electron chi connectivity index (χ1n) is 13.9. The average molecular weight is 555 g/mol. The minimum Gasteiger partial charge on any atom is -0.348 e. The van der Waals surface area contributed by atoms with Crippen molar-refractivity contribution in [2.75, 3.05) is 39.3 Å². The van der Waals surface area contributed by atoms with Crippen molar-refractivity contribution in [2.24, 2.45) is 5.41 Å². The second kappa shape index (κ2) is 12.6. The van der Waals surface area contributed by atoms with Crippen molar-refractivity contribution < 1.29 is 14.4 Å². The molecule has 1 aromatic heterocycles. The van der Waals surface area contributed by atoms with E-state index in [0.29, 0.717) is 13.0 Å². The number of hydrogen-bond acceptors (Lipinski definition) is 7. The van der Waals surface area contributed by atoms with Crippen LogP contribution in [0, 0.1) is 12.3 Å². The molecule has 2 aromatic rings. The molecule has 3 amide bonds. The van der Waals surface area contributed by atoms with E-state index in [2.05, 4.69) is 38.0 Å². The van der Waals surface area contributed by atoms with Crippen LogP contribution in [0.3, 0.4) is 0 Å². The zero-order valence-electron chi connectivity index (χ0n) is 23.8. The van der Waals surface area contributed by atoms with E-state index in [4.69, 9.17) is 0 Å². The van der Waals surface area contributed by atoms with Crippen molar-refractivity contribution in [1.82, 2.24) is 30.7 Å². The van der Waals surface area contributed by atoms with Gasteiger partial charge in [0, 0.05) is 32.7 Å². The smallest absolute Gasteiger partial charge is 0.246 e. The Morgan fingerprint density at radius 2 is 1.79 bits per heavy atom. The molecule has 3 heterocycles. The van der Waals surface area contributed by atoms with Crippen LogP contribution in [0.5, 0.6) is 0 Å². The molecule has 3 N–H and O–H groups in total. The van der Waals surface area contributed by atoms with E-state index in [9.17, 15) is 14.4 Å². The Bertz CT molecular complexity index is 1150.